The summed E-state index contributed by atoms with van der Waals surface area (Å²) in [5.41, 5.74) is 6.53. The van der Waals surface area contributed by atoms with Crippen LogP contribution in [0.1, 0.15) is 35.4 Å². The molecule has 0 unspecified atom stereocenters. The maximum absolute atomic E-state index is 12.5. The van der Waals surface area contributed by atoms with Gasteiger partial charge in [0.15, 0.2) is 0 Å². The smallest absolute Gasteiger partial charge is 0.263 e. The third kappa shape index (κ3) is 2.66. The zero-order valence-electron chi connectivity index (χ0n) is 11.8. The molecule has 2 aromatic rings. The predicted octanol–water partition coefficient (Wildman–Crippen LogP) is 3.75. The van der Waals surface area contributed by atoms with Crippen LogP contribution in [0.15, 0.2) is 24.3 Å². The average molecular weight is 288 g/mol. The maximum Gasteiger partial charge on any atom is 0.263 e. The van der Waals surface area contributed by atoms with Crippen LogP contribution in [0, 0.1) is 5.92 Å². The lowest BCUT2D eigenvalue weighted by atomic mass is 10.1. The molecular weight excluding hydrogens is 268 g/mol. The van der Waals surface area contributed by atoms with E-state index in [1.807, 2.05) is 36.2 Å². The molecule has 1 aromatic heterocycles. The average Bonchev–Trinajstić information content (AvgIpc) is 3.06. The van der Waals surface area contributed by atoms with E-state index in [0.717, 1.165) is 27.2 Å². The van der Waals surface area contributed by atoms with Gasteiger partial charge in [-0.25, -0.2) is 0 Å². The summed E-state index contributed by atoms with van der Waals surface area (Å²) in [6.07, 6.45) is 5.16. The molecule has 2 N–H and O–H groups in total. The largest absolute Gasteiger partial charge is 0.399 e. The van der Waals surface area contributed by atoms with Crippen LogP contribution in [0.4, 0.5) is 5.69 Å². The van der Waals surface area contributed by atoms with Gasteiger partial charge < -0.3 is 10.6 Å². The van der Waals surface area contributed by atoms with Crippen molar-refractivity contribution < 1.29 is 4.79 Å². The third-order valence-electron chi connectivity index (χ3n) is 4.10. The number of hydrogen-bond acceptors (Lipinski definition) is 3. The van der Waals surface area contributed by atoms with E-state index in [0.29, 0.717) is 5.92 Å². The van der Waals surface area contributed by atoms with Crippen molar-refractivity contribution in [1.29, 1.82) is 0 Å². The molecule has 4 heteroatoms. The number of thiophene rings is 1. The van der Waals surface area contributed by atoms with Crippen LogP contribution in [0.2, 0.25) is 0 Å². The van der Waals surface area contributed by atoms with Crippen LogP contribution >= 0.6 is 11.3 Å². The highest BCUT2D eigenvalue weighted by Gasteiger charge is 2.21. The Balaban J connectivity index is 1.77. The van der Waals surface area contributed by atoms with Crippen molar-refractivity contribution in [2.24, 2.45) is 5.92 Å². The molecule has 0 saturated heterocycles. The maximum atomic E-state index is 12.5. The number of benzene rings is 1. The summed E-state index contributed by atoms with van der Waals surface area (Å²) < 4.78 is 1.12. The molecule has 0 bridgehead atoms. The molecule has 20 heavy (non-hydrogen) atoms. The molecule has 1 fully saturated rings. The summed E-state index contributed by atoms with van der Waals surface area (Å²) in [5, 5.41) is 1.06. The number of nitrogen functional groups attached to an aromatic ring is 1. The van der Waals surface area contributed by atoms with E-state index in [2.05, 4.69) is 0 Å². The first-order chi connectivity index (χ1) is 9.63. The van der Waals surface area contributed by atoms with Crippen molar-refractivity contribution in [1.82, 2.24) is 4.90 Å². The van der Waals surface area contributed by atoms with Crippen molar-refractivity contribution in [3.05, 3.63) is 29.1 Å². The van der Waals surface area contributed by atoms with Crippen LogP contribution in [0.5, 0.6) is 0 Å². The van der Waals surface area contributed by atoms with Gasteiger partial charge in [-0.3, -0.25) is 4.79 Å². The number of hydrogen-bond donors (Lipinski definition) is 1. The van der Waals surface area contributed by atoms with Crippen molar-refractivity contribution in [3.8, 4) is 0 Å². The van der Waals surface area contributed by atoms with E-state index in [4.69, 9.17) is 5.73 Å². The molecule has 0 aliphatic heterocycles. The van der Waals surface area contributed by atoms with Gasteiger partial charge in [0.05, 0.1) is 4.88 Å². The zero-order valence-corrected chi connectivity index (χ0v) is 12.6. The fraction of sp³-hybridized carbons (Fsp3) is 0.438. The number of fused-ring (bicyclic) bond motifs is 1. The van der Waals surface area contributed by atoms with Crippen molar-refractivity contribution >= 4 is 33.0 Å². The first-order valence-corrected chi connectivity index (χ1v) is 7.99. The van der Waals surface area contributed by atoms with Crippen LogP contribution in [0.3, 0.4) is 0 Å². The van der Waals surface area contributed by atoms with Gasteiger partial charge >= 0.3 is 0 Å². The van der Waals surface area contributed by atoms with Gasteiger partial charge in [0.2, 0.25) is 0 Å². The summed E-state index contributed by atoms with van der Waals surface area (Å²) in [6.45, 7) is 0.884. The number of amides is 1. The monoisotopic (exact) mass is 288 g/mol. The predicted molar refractivity (Wildman–Crippen MR) is 85.2 cm³/mol. The quantitative estimate of drug-likeness (QED) is 0.874. The Hall–Kier alpha value is -1.55. The summed E-state index contributed by atoms with van der Waals surface area (Å²) in [7, 11) is 1.92. The number of anilines is 1. The Bertz CT molecular complexity index is 628. The van der Waals surface area contributed by atoms with Gasteiger partial charge in [-0.05, 0) is 48.4 Å². The SMILES string of the molecule is CN(CC1CCCC1)C(=O)c1cc2cc(N)ccc2s1. The molecule has 0 radical (unpaired) electrons. The van der Waals surface area contributed by atoms with Crippen LogP contribution in [-0.2, 0) is 0 Å². The minimum atomic E-state index is 0.136. The van der Waals surface area contributed by atoms with Gasteiger partial charge in [0.1, 0.15) is 0 Å². The second-order valence-corrected chi connectivity index (χ2v) is 6.83. The highest BCUT2D eigenvalue weighted by atomic mass is 32.1. The van der Waals surface area contributed by atoms with Crippen molar-refractivity contribution in [2.75, 3.05) is 19.3 Å². The first kappa shape index (κ1) is 13.4. The van der Waals surface area contributed by atoms with Crippen molar-refractivity contribution in [3.63, 3.8) is 0 Å². The lowest BCUT2D eigenvalue weighted by Gasteiger charge is -2.20. The summed E-state index contributed by atoms with van der Waals surface area (Å²) >= 11 is 1.55. The summed E-state index contributed by atoms with van der Waals surface area (Å²) in [6, 6.07) is 7.77. The molecule has 1 amide bonds. The first-order valence-electron chi connectivity index (χ1n) is 7.18. The fourth-order valence-electron chi connectivity index (χ4n) is 3.02. The Morgan fingerprint density at radius 1 is 1.35 bits per heavy atom. The summed E-state index contributed by atoms with van der Waals surface area (Å²) in [4.78, 5) is 15.2. The molecule has 3 rings (SSSR count). The van der Waals surface area contributed by atoms with Gasteiger partial charge in [-0.15, -0.1) is 11.3 Å². The Kier molecular flexibility index (Phi) is 3.66. The normalized spacial score (nSPS) is 15.8. The lowest BCUT2D eigenvalue weighted by Crippen LogP contribution is -2.30. The van der Waals surface area contributed by atoms with E-state index in [9.17, 15) is 4.79 Å². The molecule has 106 valence electrons. The van der Waals surface area contributed by atoms with Gasteiger partial charge in [-0.1, -0.05) is 12.8 Å². The number of carbonyl (C=O) groups is 1. The van der Waals surface area contributed by atoms with E-state index in [-0.39, 0.29) is 5.91 Å². The molecule has 3 nitrogen and oxygen atoms in total. The Labute approximate surface area is 123 Å². The number of nitrogens with zero attached hydrogens (tertiary/aromatic N) is 1. The topological polar surface area (TPSA) is 46.3 Å². The molecule has 1 saturated carbocycles. The highest BCUT2D eigenvalue weighted by molar-refractivity contribution is 7.20. The minimum absolute atomic E-state index is 0.136. The Morgan fingerprint density at radius 3 is 2.85 bits per heavy atom. The molecule has 0 atom stereocenters. The molecule has 1 heterocycles. The number of nitrogens with two attached hydrogens (primary N) is 1. The molecular formula is C16H20N2OS. The van der Waals surface area contributed by atoms with E-state index in [1.54, 1.807) is 11.3 Å². The molecule has 0 spiro atoms. The van der Waals surface area contributed by atoms with Crippen molar-refractivity contribution in [2.45, 2.75) is 25.7 Å². The standard InChI is InChI=1S/C16H20N2OS/c1-18(10-11-4-2-3-5-11)16(19)15-9-12-8-13(17)6-7-14(12)20-15/h6-9,11H,2-5,10,17H2,1H3. The second kappa shape index (κ2) is 5.44. The van der Waals surface area contributed by atoms with Gasteiger partial charge in [-0.2, -0.15) is 0 Å². The molecule has 1 aliphatic carbocycles. The second-order valence-electron chi connectivity index (χ2n) is 5.74. The van der Waals surface area contributed by atoms with E-state index < -0.39 is 0 Å². The van der Waals surface area contributed by atoms with Crippen LogP contribution in [0.25, 0.3) is 10.1 Å². The molecule has 1 aliphatic rings. The zero-order chi connectivity index (χ0) is 14.1. The Morgan fingerprint density at radius 2 is 2.10 bits per heavy atom. The van der Waals surface area contributed by atoms with Gasteiger partial charge in [0.25, 0.3) is 5.91 Å². The van der Waals surface area contributed by atoms with Crippen LogP contribution in [-0.4, -0.2) is 24.4 Å². The van der Waals surface area contributed by atoms with Gasteiger partial charge in [0, 0.05) is 24.0 Å². The number of carbonyl (C=O) groups excluding carboxylic acids is 1. The van der Waals surface area contributed by atoms with Crippen LogP contribution < -0.4 is 5.73 Å². The molecule has 1 aromatic carbocycles. The lowest BCUT2D eigenvalue weighted by molar-refractivity contribution is 0.0778. The number of rotatable bonds is 3. The minimum Gasteiger partial charge on any atom is -0.399 e. The van der Waals surface area contributed by atoms with E-state index in [1.165, 1.54) is 25.7 Å². The fourth-order valence-corrected chi connectivity index (χ4v) is 4.06. The van der Waals surface area contributed by atoms with E-state index >= 15 is 0 Å². The summed E-state index contributed by atoms with van der Waals surface area (Å²) in [5.74, 6) is 0.825. The highest BCUT2D eigenvalue weighted by Crippen LogP contribution is 2.29. The third-order valence-corrected chi connectivity index (χ3v) is 5.21.